The molecule has 0 atom stereocenters. The van der Waals surface area contributed by atoms with Crippen LogP contribution in [0.4, 0.5) is 0 Å². The number of hydrogen-bond acceptors (Lipinski definition) is 4. The van der Waals surface area contributed by atoms with Gasteiger partial charge in [0.15, 0.2) is 0 Å². The Morgan fingerprint density at radius 3 is 2.67 bits per heavy atom. The fourth-order valence-electron chi connectivity index (χ4n) is 1.29. The molecule has 1 aromatic heterocycles. The molecule has 0 fully saturated rings. The molecule has 0 aliphatic rings. The Hall–Kier alpha value is -0.710. The van der Waals surface area contributed by atoms with E-state index in [0.717, 1.165) is 5.56 Å². The van der Waals surface area contributed by atoms with Gasteiger partial charge in [0, 0.05) is 21.7 Å². The normalized spacial score (nSPS) is 11.2. The van der Waals surface area contributed by atoms with Gasteiger partial charge in [0.2, 0.25) is 5.89 Å². The van der Waals surface area contributed by atoms with Crippen LogP contribution in [-0.4, -0.2) is 10.2 Å². The summed E-state index contributed by atoms with van der Waals surface area (Å²) in [6, 6.07) is 5.44. The van der Waals surface area contributed by atoms with Gasteiger partial charge in [-0.25, -0.2) is 0 Å². The van der Waals surface area contributed by atoms with Gasteiger partial charge in [-0.3, -0.25) is 0 Å². The van der Waals surface area contributed by atoms with E-state index in [2.05, 4.69) is 10.2 Å². The zero-order chi connectivity index (χ0) is 13.1. The van der Waals surface area contributed by atoms with Gasteiger partial charge in [-0.15, -0.1) is 10.2 Å². The van der Waals surface area contributed by atoms with Crippen LogP contribution in [0.3, 0.4) is 0 Å². The smallest absolute Gasteiger partial charge is 0.276 e. The number of benzene rings is 1. The Kier molecular flexibility index (Phi) is 4.54. The van der Waals surface area contributed by atoms with E-state index >= 15 is 0 Å². The molecular formula is C12H12Cl2N2OS. The number of nitrogens with zero attached hydrogens (tertiary/aromatic N) is 2. The summed E-state index contributed by atoms with van der Waals surface area (Å²) < 4.78 is 5.50. The molecule has 0 bridgehead atoms. The van der Waals surface area contributed by atoms with E-state index in [1.807, 2.05) is 26.0 Å². The van der Waals surface area contributed by atoms with E-state index in [9.17, 15) is 0 Å². The first-order valence-corrected chi connectivity index (χ1v) is 7.20. The summed E-state index contributed by atoms with van der Waals surface area (Å²) in [5, 5.41) is 9.79. The first-order chi connectivity index (χ1) is 8.56. The Bertz CT molecular complexity index is 543. The molecule has 3 nitrogen and oxygen atoms in total. The van der Waals surface area contributed by atoms with Crippen molar-refractivity contribution in [3.8, 4) is 0 Å². The van der Waals surface area contributed by atoms with Crippen LogP contribution >= 0.6 is 35.0 Å². The summed E-state index contributed by atoms with van der Waals surface area (Å²) >= 11 is 13.4. The zero-order valence-corrected chi connectivity index (χ0v) is 12.3. The van der Waals surface area contributed by atoms with E-state index < -0.39 is 0 Å². The SMILES string of the molecule is CC(C)c1nnc(SCc2ccc(Cl)cc2Cl)o1. The summed E-state index contributed by atoms with van der Waals surface area (Å²) in [7, 11) is 0. The molecular weight excluding hydrogens is 291 g/mol. The number of rotatable bonds is 4. The van der Waals surface area contributed by atoms with E-state index in [-0.39, 0.29) is 5.92 Å². The molecule has 2 aromatic rings. The Morgan fingerprint density at radius 1 is 1.28 bits per heavy atom. The van der Waals surface area contributed by atoms with Crippen LogP contribution in [0.2, 0.25) is 10.0 Å². The predicted octanol–water partition coefficient (Wildman–Crippen LogP) is 4.79. The summed E-state index contributed by atoms with van der Waals surface area (Å²) in [5.74, 6) is 1.57. The first kappa shape index (κ1) is 13.7. The van der Waals surface area contributed by atoms with Gasteiger partial charge >= 0.3 is 0 Å². The number of halogens is 2. The third-order valence-corrected chi connectivity index (χ3v) is 3.74. The van der Waals surface area contributed by atoms with Gasteiger partial charge in [0.1, 0.15) is 0 Å². The van der Waals surface area contributed by atoms with Gasteiger partial charge in [0.25, 0.3) is 5.22 Å². The lowest BCUT2D eigenvalue weighted by Gasteiger charge is -2.02. The minimum absolute atomic E-state index is 0.242. The van der Waals surface area contributed by atoms with Crippen molar-refractivity contribution in [1.29, 1.82) is 0 Å². The summed E-state index contributed by atoms with van der Waals surface area (Å²) in [6.07, 6.45) is 0. The van der Waals surface area contributed by atoms with Crippen LogP contribution in [0.1, 0.15) is 31.2 Å². The lowest BCUT2D eigenvalue weighted by molar-refractivity contribution is 0.398. The molecule has 96 valence electrons. The van der Waals surface area contributed by atoms with Gasteiger partial charge < -0.3 is 4.42 Å². The quantitative estimate of drug-likeness (QED) is 0.761. The Morgan fingerprint density at radius 2 is 2.06 bits per heavy atom. The number of hydrogen-bond donors (Lipinski definition) is 0. The molecule has 0 saturated heterocycles. The van der Waals surface area contributed by atoms with Crippen molar-refractivity contribution in [3.05, 3.63) is 39.7 Å². The highest BCUT2D eigenvalue weighted by Gasteiger charge is 2.11. The average molecular weight is 303 g/mol. The fraction of sp³-hybridized carbons (Fsp3) is 0.333. The van der Waals surface area contributed by atoms with Gasteiger partial charge in [-0.2, -0.15) is 0 Å². The van der Waals surface area contributed by atoms with E-state index in [0.29, 0.717) is 26.9 Å². The molecule has 2 rings (SSSR count). The topological polar surface area (TPSA) is 38.9 Å². The van der Waals surface area contributed by atoms with Crippen LogP contribution in [0.25, 0.3) is 0 Å². The Balaban J connectivity index is 2.02. The molecule has 0 aliphatic heterocycles. The zero-order valence-electron chi connectivity index (χ0n) is 9.98. The lowest BCUT2D eigenvalue weighted by atomic mass is 10.2. The van der Waals surface area contributed by atoms with E-state index in [4.69, 9.17) is 27.6 Å². The summed E-state index contributed by atoms with van der Waals surface area (Å²) in [6.45, 7) is 4.02. The molecule has 0 aliphatic carbocycles. The first-order valence-electron chi connectivity index (χ1n) is 5.46. The van der Waals surface area contributed by atoms with Crippen molar-refractivity contribution < 1.29 is 4.42 Å². The molecule has 0 unspecified atom stereocenters. The van der Waals surface area contributed by atoms with E-state index in [1.54, 1.807) is 6.07 Å². The monoisotopic (exact) mass is 302 g/mol. The average Bonchev–Trinajstić information content (AvgIpc) is 2.76. The van der Waals surface area contributed by atoms with Crippen LogP contribution < -0.4 is 0 Å². The molecule has 1 heterocycles. The highest BCUT2D eigenvalue weighted by atomic mass is 35.5. The third-order valence-electron chi connectivity index (χ3n) is 2.28. The second kappa shape index (κ2) is 5.95. The van der Waals surface area contributed by atoms with Crippen molar-refractivity contribution in [3.63, 3.8) is 0 Å². The molecule has 0 amide bonds. The maximum Gasteiger partial charge on any atom is 0.276 e. The molecule has 0 saturated carbocycles. The fourth-order valence-corrected chi connectivity index (χ4v) is 2.62. The molecule has 0 N–H and O–H groups in total. The largest absolute Gasteiger partial charge is 0.416 e. The lowest BCUT2D eigenvalue weighted by Crippen LogP contribution is -1.85. The standard InChI is InChI=1S/C12H12Cl2N2OS/c1-7(2)11-15-16-12(17-11)18-6-8-3-4-9(13)5-10(8)14/h3-5,7H,6H2,1-2H3. The van der Waals surface area contributed by atoms with E-state index in [1.165, 1.54) is 11.8 Å². The molecule has 0 radical (unpaired) electrons. The van der Waals surface area contributed by atoms with Crippen LogP contribution in [0.5, 0.6) is 0 Å². The maximum atomic E-state index is 6.09. The number of aromatic nitrogens is 2. The Labute approximate surface area is 120 Å². The predicted molar refractivity (Wildman–Crippen MR) is 74.4 cm³/mol. The summed E-state index contributed by atoms with van der Waals surface area (Å²) in [4.78, 5) is 0. The van der Waals surface area contributed by atoms with Crippen LogP contribution in [0, 0.1) is 0 Å². The van der Waals surface area contributed by atoms with Gasteiger partial charge in [-0.05, 0) is 17.7 Å². The highest BCUT2D eigenvalue weighted by molar-refractivity contribution is 7.98. The molecule has 1 aromatic carbocycles. The van der Waals surface area contributed by atoms with Gasteiger partial charge in [-0.1, -0.05) is 54.9 Å². The third kappa shape index (κ3) is 3.40. The van der Waals surface area contributed by atoms with Crippen molar-refractivity contribution >= 4 is 35.0 Å². The second-order valence-corrected chi connectivity index (χ2v) is 5.86. The minimum atomic E-state index is 0.242. The minimum Gasteiger partial charge on any atom is -0.416 e. The van der Waals surface area contributed by atoms with Crippen molar-refractivity contribution in [2.24, 2.45) is 0 Å². The molecule has 18 heavy (non-hydrogen) atoms. The van der Waals surface area contributed by atoms with Crippen molar-refractivity contribution in [1.82, 2.24) is 10.2 Å². The summed E-state index contributed by atoms with van der Waals surface area (Å²) in [5.41, 5.74) is 0.996. The molecule has 0 spiro atoms. The van der Waals surface area contributed by atoms with Crippen LogP contribution in [-0.2, 0) is 5.75 Å². The van der Waals surface area contributed by atoms with Crippen molar-refractivity contribution in [2.75, 3.05) is 0 Å². The van der Waals surface area contributed by atoms with Crippen LogP contribution in [0.15, 0.2) is 27.8 Å². The molecule has 6 heteroatoms. The second-order valence-electron chi connectivity index (χ2n) is 4.09. The van der Waals surface area contributed by atoms with Gasteiger partial charge in [0.05, 0.1) is 0 Å². The van der Waals surface area contributed by atoms with Crippen molar-refractivity contribution in [2.45, 2.75) is 30.7 Å². The number of thioether (sulfide) groups is 1. The maximum absolute atomic E-state index is 6.09. The highest BCUT2D eigenvalue weighted by Crippen LogP contribution is 2.28.